The molecule has 0 heterocycles. The van der Waals surface area contributed by atoms with Crippen LogP contribution in [-0.4, -0.2) is 31.9 Å². The van der Waals surface area contributed by atoms with Crippen molar-refractivity contribution in [3.63, 3.8) is 0 Å². The fourth-order valence-corrected chi connectivity index (χ4v) is 3.24. The molecule has 0 amide bonds. The predicted molar refractivity (Wildman–Crippen MR) is 61.0 cm³/mol. The summed E-state index contributed by atoms with van der Waals surface area (Å²) in [6.07, 6.45) is 2.05. The molecule has 0 aromatic carbocycles. The Morgan fingerprint density at radius 2 is 1.93 bits per heavy atom. The van der Waals surface area contributed by atoms with E-state index in [1.54, 1.807) is 11.8 Å². The number of hydrogen-bond donors (Lipinski definition) is 0. The molecule has 14 heavy (non-hydrogen) atoms. The topological polar surface area (TPSA) is 57.9 Å². The largest absolute Gasteiger partial charge is 0.229 e. The first-order chi connectivity index (χ1) is 6.27. The molecule has 0 fully saturated rings. The summed E-state index contributed by atoms with van der Waals surface area (Å²) in [7, 11) is -2.83. The summed E-state index contributed by atoms with van der Waals surface area (Å²) in [6, 6.07) is 2.22. The van der Waals surface area contributed by atoms with Crippen molar-refractivity contribution in [2.45, 2.75) is 20.3 Å². The van der Waals surface area contributed by atoms with Gasteiger partial charge in [0.05, 0.1) is 17.2 Å². The van der Waals surface area contributed by atoms with Crippen molar-refractivity contribution >= 4 is 21.6 Å². The van der Waals surface area contributed by atoms with E-state index in [9.17, 15) is 8.42 Å². The average molecular weight is 235 g/mol. The van der Waals surface area contributed by atoms with Crippen LogP contribution in [0.4, 0.5) is 0 Å². The van der Waals surface area contributed by atoms with Gasteiger partial charge in [-0.3, -0.25) is 0 Å². The van der Waals surface area contributed by atoms with Gasteiger partial charge in [-0.2, -0.15) is 17.0 Å². The van der Waals surface area contributed by atoms with Gasteiger partial charge in [0, 0.05) is 12.0 Å². The number of nitriles is 1. The molecule has 0 saturated heterocycles. The number of thioether (sulfide) groups is 1. The third-order valence-corrected chi connectivity index (χ3v) is 3.96. The minimum absolute atomic E-state index is 0.227. The molecule has 0 aromatic heterocycles. The molecule has 5 heteroatoms. The Kier molecular flexibility index (Phi) is 5.53. The minimum atomic E-state index is -2.83. The van der Waals surface area contributed by atoms with Crippen LogP contribution in [0.5, 0.6) is 0 Å². The van der Waals surface area contributed by atoms with Gasteiger partial charge in [0.25, 0.3) is 0 Å². The second kappa shape index (κ2) is 5.62. The van der Waals surface area contributed by atoms with Gasteiger partial charge in [-0.25, -0.2) is 8.42 Å². The summed E-state index contributed by atoms with van der Waals surface area (Å²) in [6.45, 7) is 3.79. The van der Waals surface area contributed by atoms with Crippen LogP contribution in [0.2, 0.25) is 0 Å². The van der Waals surface area contributed by atoms with E-state index in [-0.39, 0.29) is 11.2 Å². The van der Waals surface area contributed by atoms with E-state index in [0.717, 1.165) is 12.2 Å². The molecular weight excluding hydrogens is 218 g/mol. The second-order valence-corrected chi connectivity index (χ2v) is 7.47. The third-order valence-electron chi connectivity index (χ3n) is 1.77. The molecule has 0 saturated carbocycles. The van der Waals surface area contributed by atoms with Crippen LogP contribution in [0.15, 0.2) is 0 Å². The van der Waals surface area contributed by atoms with E-state index in [4.69, 9.17) is 5.26 Å². The van der Waals surface area contributed by atoms with Gasteiger partial charge in [0.15, 0.2) is 0 Å². The van der Waals surface area contributed by atoms with E-state index >= 15 is 0 Å². The number of nitrogens with zero attached hydrogens (tertiary/aromatic N) is 1. The molecule has 0 aromatic rings. The first-order valence-electron chi connectivity index (χ1n) is 4.43. The molecule has 3 nitrogen and oxygen atoms in total. The average Bonchev–Trinajstić information content (AvgIpc) is 2.01. The number of sulfone groups is 1. The van der Waals surface area contributed by atoms with Crippen LogP contribution in [0.25, 0.3) is 0 Å². The zero-order valence-electron chi connectivity index (χ0n) is 8.91. The molecule has 0 aliphatic heterocycles. The van der Waals surface area contributed by atoms with E-state index < -0.39 is 9.84 Å². The molecule has 0 atom stereocenters. The summed E-state index contributed by atoms with van der Waals surface area (Å²) < 4.78 is 21.6. The predicted octanol–water partition coefficient (Wildman–Crippen LogP) is 1.70. The molecule has 0 unspecified atom stereocenters. The Morgan fingerprint density at radius 1 is 1.36 bits per heavy atom. The quantitative estimate of drug-likeness (QED) is 0.658. The van der Waals surface area contributed by atoms with Crippen molar-refractivity contribution in [2.75, 3.05) is 23.5 Å². The van der Waals surface area contributed by atoms with Crippen LogP contribution in [0.1, 0.15) is 20.3 Å². The molecule has 0 radical (unpaired) electrons. The highest BCUT2D eigenvalue weighted by atomic mass is 32.2. The third kappa shape index (κ3) is 8.39. The van der Waals surface area contributed by atoms with Crippen molar-refractivity contribution in [1.82, 2.24) is 0 Å². The molecule has 0 bridgehead atoms. The Hall–Kier alpha value is -0.210. The lowest BCUT2D eigenvalue weighted by Crippen LogP contribution is -2.10. The van der Waals surface area contributed by atoms with E-state index in [1.807, 2.05) is 13.8 Å². The van der Waals surface area contributed by atoms with Crippen LogP contribution in [-0.2, 0) is 9.84 Å². The Labute approximate surface area is 90.8 Å². The lowest BCUT2D eigenvalue weighted by atomic mass is 9.93. The van der Waals surface area contributed by atoms with Crippen LogP contribution in [0.3, 0.4) is 0 Å². The summed E-state index contributed by atoms with van der Waals surface area (Å²) in [5, 5.41) is 8.72. The van der Waals surface area contributed by atoms with Gasteiger partial charge in [0.2, 0.25) is 0 Å². The maximum absolute atomic E-state index is 10.8. The van der Waals surface area contributed by atoms with Gasteiger partial charge in [0.1, 0.15) is 9.84 Å². The normalized spacial score (nSPS) is 12.4. The van der Waals surface area contributed by atoms with Gasteiger partial charge in [-0.1, -0.05) is 0 Å². The summed E-state index contributed by atoms with van der Waals surface area (Å²) in [5.41, 5.74) is -0.294. The number of rotatable bonds is 6. The van der Waals surface area contributed by atoms with Crippen molar-refractivity contribution < 1.29 is 8.42 Å². The maximum Gasteiger partial charge on any atom is 0.148 e. The fourth-order valence-electron chi connectivity index (χ4n) is 0.696. The van der Waals surface area contributed by atoms with Gasteiger partial charge < -0.3 is 0 Å². The van der Waals surface area contributed by atoms with Crippen LogP contribution in [0, 0.1) is 16.7 Å². The maximum atomic E-state index is 10.8. The molecule has 0 aliphatic rings. The molecule has 0 aliphatic carbocycles. The molecular formula is C9H17NO2S2. The minimum Gasteiger partial charge on any atom is -0.229 e. The lowest BCUT2D eigenvalue weighted by Gasteiger charge is -2.13. The van der Waals surface area contributed by atoms with Crippen LogP contribution >= 0.6 is 11.8 Å². The van der Waals surface area contributed by atoms with Gasteiger partial charge in [-0.15, -0.1) is 0 Å². The molecule has 0 N–H and O–H groups in total. The fraction of sp³-hybridized carbons (Fsp3) is 0.889. The van der Waals surface area contributed by atoms with Crippen molar-refractivity contribution in [3.8, 4) is 6.07 Å². The SMILES string of the molecule is CC(C)(C#N)CCSCCS(C)(=O)=O. The van der Waals surface area contributed by atoms with E-state index in [1.165, 1.54) is 6.26 Å². The number of hydrogen-bond acceptors (Lipinski definition) is 4. The summed E-state index contributed by atoms with van der Waals surface area (Å²) in [4.78, 5) is 0. The lowest BCUT2D eigenvalue weighted by molar-refractivity contribution is 0.482. The zero-order valence-corrected chi connectivity index (χ0v) is 10.5. The molecule has 82 valence electrons. The molecule has 0 rings (SSSR count). The Balaban J connectivity index is 3.55. The van der Waals surface area contributed by atoms with Gasteiger partial charge >= 0.3 is 0 Å². The summed E-state index contributed by atoms with van der Waals surface area (Å²) >= 11 is 1.59. The first-order valence-corrected chi connectivity index (χ1v) is 7.65. The van der Waals surface area contributed by atoms with Crippen LogP contribution < -0.4 is 0 Å². The Morgan fingerprint density at radius 3 is 2.36 bits per heavy atom. The first kappa shape index (κ1) is 13.8. The standard InChI is InChI=1S/C9H17NO2S2/c1-9(2,8-10)4-5-13-6-7-14(3,11)12/h4-7H2,1-3H3. The van der Waals surface area contributed by atoms with Crippen molar-refractivity contribution in [3.05, 3.63) is 0 Å². The molecule has 0 spiro atoms. The highest BCUT2D eigenvalue weighted by Crippen LogP contribution is 2.21. The Bertz CT molecular complexity index is 301. The monoisotopic (exact) mass is 235 g/mol. The van der Waals surface area contributed by atoms with Crippen molar-refractivity contribution in [2.24, 2.45) is 5.41 Å². The highest BCUT2D eigenvalue weighted by molar-refractivity contribution is 8.00. The second-order valence-electron chi connectivity index (χ2n) is 3.99. The van der Waals surface area contributed by atoms with Gasteiger partial charge in [-0.05, 0) is 26.0 Å². The van der Waals surface area contributed by atoms with E-state index in [2.05, 4.69) is 6.07 Å². The zero-order chi connectivity index (χ0) is 11.2. The highest BCUT2D eigenvalue weighted by Gasteiger charge is 2.15. The van der Waals surface area contributed by atoms with E-state index in [0.29, 0.717) is 5.75 Å². The summed E-state index contributed by atoms with van der Waals surface area (Å²) in [5.74, 6) is 1.70. The smallest absolute Gasteiger partial charge is 0.148 e. The van der Waals surface area contributed by atoms with Crippen molar-refractivity contribution in [1.29, 1.82) is 5.26 Å².